The Bertz CT molecular complexity index is 988. The van der Waals surface area contributed by atoms with E-state index in [1.54, 1.807) is 29.5 Å². The molecule has 0 aliphatic carbocycles. The highest BCUT2D eigenvalue weighted by Gasteiger charge is 2.19. The van der Waals surface area contributed by atoms with E-state index >= 15 is 0 Å². The summed E-state index contributed by atoms with van der Waals surface area (Å²) in [7, 11) is 1.74. The molecular formula is C21H20F2N2O2S. The van der Waals surface area contributed by atoms with Crippen molar-refractivity contribution in [3.8, 4) is 16.3 Å². The van der Waals surface area contributed by atoms with Crippen molar-refractivity contribution in [1.29, 1.82) is 0 Å². The summed E-state index contributed by atoms with van der Waals surface area (Å²) < 4.78 is 32.7. The zero-order valence-electron chi connectivity index (χ0n) is 15.8. The summed E-state index contributed by atoms with van der Waals surface area (Å²) in [5.41, 5.74) is 1.33. The maximum Gasteiger partial charge on any atom is 0.273 e. The number of nitrogens with zero attached hydrogens (tertiary/aromatic N) is 2. The van der Waals surface area contributed by atoms with Gasteiger partial charge in [-0.25, -0.2) is 13.8 Å². The Morgan fingerprint density at radius 2 is 1.96 bits per heavy atom. The molecule has 0 atom stereocenters. The zero-order valence-corrected chi connectivity index (χ0v) is 16.6. The summed E-state index contributed by atoms with van der Waals surface area (Å²) in [4.78, 5) is 18.5. The highest BCUT2D eigenvalue weighted by molar-refractivity contribution is 7.13. The average molecular weight is 402 g/mol. The van der Waals surface area contributed by atoms with Gasteiger partial charge in [0.2, 0.25) is 0 Å². The molecule has 1 amide bonds. The standard InChI is InChI=1S/C21H20F2N2O2S/c1-13(2)25(3)21(26)18-12-28-20(24-18)16-6-4-5-7-19(16)27-11-14-8-9-15(22)10-17(14)23/h4-10,12-13H,11H2,1-3H3. The molecule has 0 N–H and O–H groups in total. The van der Waals surface area contributed by atoms with E-state index < -0.39 is 11.6 Å². The number of benzene rings is 2. The van der Waals surface area contributed by atoms with Crippen LogP contribution in [0.4, 0.5) is 8.78 Å². The van der Waals surface area contributed by atoms with Gasteiger partial charge >= 0.3 is 0 Å². The topological polar surface area (TPSA) is 42.4 Å². The molecule has 1 heterocycles. The highest BCUT2D eigenvalue weighted by atomic mass is 32.1. The lowest BCUT2D eigenvalue weighted by molar-refractivity contribution is 0.0750. The Balaban J connectivity index is 1.82. The lowest BCUT2D eigenvalue weighted by atomic mass is 10.2. The van der Waals surface area contributed by atoms with E-state index in [0.29, 0.717) is 22.0 Å². The van der Waals surface area contributed by atoms with Gasteiger partial charge in [-0.1, -0.05) is 12.1 Å². The number of hydrogen-bond acceptors (Lipinski definition) is 4. The molecule has 4 nitrogen and oxygen atoms in total. The number of hydrogen-bond donors (Lipinski definition) is 0. The first-order valence-corrected chi connectivity index (χ1v) is 9.63. The van der Waals surface area contributed by atoms with Crippen molar-refractivity contribution < 1.29 is 18.3 Å². The quantitative estimate of drug-likeness (QED) is 0.573. The zero-order chi connectivity index (χ0) is 20.3. The maximum atomic E-state index is 13.8. The van der Waals surface area contributed by atoms with Gasteiger partial charge < -0.3 is 9.64 Å². The summed E-state index contributed by atoms with van der Waals surface area (Å²) in [6, 6.07) is 10.7. The van der Waals surface area contributed by atoms with E-state index in [9.17, 15) is 13.6 Å². The van der Waals surface area contributed by atoms with Crippen LogP contribution in [0, 0.1) is 11.6 Å². The van der Waals surface area contributed by atoms with E-state index in [2.05, 4.69) is 4.98 Å². The number of carbonyl (C=O) groups is 1. The highest BCUT2D eigenvalue weighted by Crippen LogP contribution is 2.33. The second-order valence-corrected chi connectivity index (χ2v) is 7.43. The summed E-state index contributed by atoms with van der Waals surface area (Å²) in [5, 5.41) is 2.35. The van der Waals surface area contributed by atoms with Gasteiger partial charge in [0.25, 0.3) is 5.91 Å². The van der Waals surface area contributed by atoms with Gasteiger partial charge in [-0.15, -0.1) is 11.3 Å². The lowest BCUT2D eigenvalue weighted by Gasteiger charge is -2.20. The number of rotatable bonds is 6. The summed E-state index contributed by atoms with van der Waals surface area (Å²) >= 11 is 1.34. The van der Waals surface area contributed by atoms with Gasteiger partial charge in [0.1, 0.15) is 34.7 Å². The fourth-order valence-corrected chi connectivity index (χ4v) is 3.30. The number of aromatic nitrogens is 1. The molecule has 0 radical (unpaired) electrons. The van der Waals surface area contributed by atoms with E-state index in [1.165, 1.54) is 23.5 Å². The normalized spacial score (nSPS) is 10.9. The first-order valence-electron chi connectivity index (χ1n) is 8.75. The minimum Gasteiger partial charge on any atom is -0.488 e. The molecule has 0 bridgehead atoms. The Morgan fingerprint density at radius 1 is 1.21 bits per heavy atom. The minimum atomic E-state index is -0.656. The van der Waals surface area contributed by atoms with Crippen LogP contribution in [0.5, 0.6) is 5.75 Å². The Labute approximate surface area is 166 Å². The molecule has 0 unspecified atom stereocenters. The SMILES string of the molecule is CC(C)N(C)C(=O)c1csc(-c2ccccc2OCc2ccc(F)cc2F)n1. The molecule has 146 valence electrons. The van der Waals surface area contributed by atoms with Crippen molar-refractivity contribution >= 4 is 17.2 Å². The molecule has 3 rings (SSSR count). The Hall–Kier alpha value is -2.80. The predicted octanol–water partition coefficient (Wildman–Crippen LogP) is 5.15. The summed E-state index contributed by atoms with van der Waals surface area (Å²) in [6.07, 6.45) is 0. The molecule has 0 spiro atoms. The third kappa shape index (κ3) is 4.36. The molecule has 7 heteroatoms. The van der Waals surface area contributed by atoms with Crippen molar-refractivity contribution in [2.24, 2.45) is 0 Å². The van der Waals surface area contributed by atoms with Crippen LogP contribution in [-0.2, 0) is 6.61 Å². The van der Waals surface area contributed by atoms with Crippen molar-refractivity contribution in [3.05, 3.63) is 70.7 Å². The van der Waals surface area contributed by atoms with Crippen LogP contribution < -0.4 is 4.74 Å². The molecule has 28 heavy (non-hydrogen) atoms. The van der Waals surface area contributed by atoms with Crippen molar-refractivity contribution in [2.75, 3.05) is 7.05 Å². The third-order valence-electron chi connectivity index (χ3n) is 4.33. The first-order chi connectivity index (χ1) is 13.4. The lowest BCUT2D eigenvalue weighted by Crippen LogP contribution is -2.33. The van der Waals surface area contributed by atoms with E-state index in [0.717, 1.165) is 6.07 Å². The molecule has 0 saturated carbocycles. The minimum absolute atomic E-state index is 0.0453. The van der Waals surface area contributed by atoms with Crippen LogP contribution in [0.2, 0.25) is 0 Å². The second kappa shape index (κ2) is 8.48. The number of halogens is 2. The summed E-state index contributed by atoms with van der Waals surface area (Å²) in [5.74, 6) is -0.926. The summed E-state index contributed by atoms with van der Waals surface area (Å²) in [6.45, 7) is 3.82. The van der Waals surface area contributed by atoms with Crippen molar-refractivity contribution in [1.82, 2.24) is 9.88 Å². The number of para-hydroxylation sites is 1. The fourth-order valence-electron chi connectivity index (χ4n) is 2.47. The largest absolute Gasteiger partial charge is 0.488 e. The van der Waals surface area contributed by atoms with E-state index in [4.69, 9.17) is 4.74 Å². The van der Waals surface area contributed by atoms with Gasteiger partial charge in [0.15, 0.2) is 0 Å². The molecule has 2 aromatic carbocycles. The monoisotopic (exact) mass is 402 g/mol. The van der Waals surface area contributed by atoms with Crippen molar-refractivity contribution in [3.63, 3.8) is 0 Å². The van der Waals surface area contributed by atoms with Crippen LogP contribution in [0.1, 0.15) is 29.9 Å². The molecule has 0 fully saturated rings. The molecule has 0 aliphatic rings. The Morgan fingerprint density at radius 3 is 2.68 bits per heavy atom. The number of thiazole rings is 1. The maximum absolute atomic E-state index is 13.8. The van der Waals surface area contributed by atoms with Gasteiger partial charge in [0, 0.05) is 30.1 Å². The fraction of sp³-hybridized carbons (Fsp3) is 0.238. The van der Waals surface area contributed by atoms with E-state index in [1.807, 2.05) is 26.0 Å². The number of amides is 1. The first kappa shape index (κ1) is 19.9. The van der Waals surface area contributed by atoms with Crippen LogP contribution in [0.3, 0.4) is 0 Å². The number of ether oxygens (including phenoxy) is 1. The molecule has 0 saturated heterocycles. The second-order valence-electron chi connectivity index (χ2n) is 6.57. The molecular weight excluding hydrogens is 382 g/mol. The van der Waals surface area contributed by atoms with Gasteiger partial charge in [-0.2, -0.15) is 0 Å². The van der Waals surface area contributed by atoms with Gasteiger partial charge in [-0.3, -0.25) is 4.79 Å². The van der Waals surface area contributed by atoms with Gasteiger partial charge in [-0.05, 0) is 38.1 Å². The molecule has 0 aliphatic heterocycles. The van der Waals surface area contributed by atoms with Crippen LogP contribution in [-0.4, -0.2) is 28.9 Å². The van der Waals surface area contributed by atoms with Crippen LogP contribution in [0.25, 0.3) is 10.6 Å². The molecule has 3 aromatic rings. The molecule has 1 aromatic heterocycles. The van der Waals surface area contributed by atoms with Crippen LogP contribution in [0.15, 0.2) is 47.8 Å². The average Bonchev–Trinajstić information content (AvgIpc) is 3.16. The van der Waals surface area contributed by atoms with Crippen LogP contribution >= 0.6 is 11.3 Å². The third-order valence-corrected chi connectivity index (χ3v) is 5.21. The van der Waals surface area contributed by atoms with E-state index in [-0.39, 0.29) is 24.1 Å². The predicted molar refractivity (Wildman–Crippen MR) is 105 cm³/mol. The smallest absolute Gasteiger partial charge is 0.273 e. The Kier molecular flexibility index (Phi) is 6.04. The van der Waals surface area contributed by atoms with Crippen molar-refractivity contribution in [2.45, 2.75) is 26.5 Å². The van der Waals surface area contributed by atoms with Gasteiger partial charge in [0.05, 0.1) is 5.56 Å². The number of carbonyl (C=O) groups excluding carboxylic acids is 1.